The van der Waals surface area contributed by atoms with Crippen molar-refractivity contribution < 1.29 is 18.7 Å². The molecule has 0 fully saturated rings. The Labute approximate surface area is 151 Å². The van der Waals surface area contributed by atoms with E-state index in [4.69, 9.17) is 13.9 Å². The lowest BCUT2D eigenvalue weighted by Gasteiger charge is -2.09. The first kappa shape index (κ1) is 17.7. The molecule has 0 amide bonds. The number of fused-ring (bicyclic) bond motifs is 1. The molecule has 0 radical (unpaired) electrons. The van der Waals surface area contributed by atoms with Crippen LogP contribution in [0.25, 0.3) is 11.0 Å². The SMILES string of the molecule is Cc1ccc(OCCC(=O)OCc2cc(=O)oc3cc(C)ccc23)cc1. The molecule has 26 heavy (non-hydrogen) atoms. The Bertz CT molecular complexity index is 970. The number of hydrogen-bond donors (Lipinski definition) is 0. The fourth-order valence-corrected chi connectivity index (χ4v) is 2.57. The monoisotopic (exact) mass is 352 g/mol. The first-order chi connectivity index (χ1) is 12.5. The van der Waals surface area contributed by atoms with Crippen LogP contribution in [0, 0.1) is 13.8 Å². The molecule has 2 aromatic carbocycles. The van der Waals surface area contributed by atoms with Crippen molar-refractivity contribution in [2.24, 2.45) is 0 Å². The topological polar surface area (TPSA) is 65.7 Å². The summed E-state index contributed by atoms with van der Waals surface area (Å²) < 4.78 is 16.0. The second-order valence-corrected chi connectivity index (χ2v) is 6.16. The van der Waals surface area contributed by atoms with Crippen molar-refractivity contribution in [1.29, 1.82) is 0 Å². The van der Waals surface area contributed by atoms with Gasteiger partial charge in [0.2, 0.25) is 0 Å². The summed E-state index contributed by atoms with van der Waals surface area (Å²) in [6.45, 7) is 4.17. The van der Waals surface area contributed by atoms with Crippen molar-refractivity contribution in [3.63, 3.8) is 0 Å². The molecule has 0 spiro atoms. The van der Waals surface area contributed by atoms with Gasteiger partial charge < -0.3 is 13.9 Å². The van der Waals surface area contributed by atoms with Crippen molar-refractivity contribution in [2.45, 2.75) is 26.9 Å². The van der Waals surface area contributed by atoms with Gasteiger partial charge in [-0.05, 0) is 37.6 Å². The van der Waals surface area contributed by atoms with E-state index < -0.39 is 5.63 Å². The summed E-state index contributed by atoms with van der Waals surface area (Å²) in [5, 5.41) is 0.763. The highest BCUT2D eigenvalue weighted by Crippen LogP contribution is 2.19. The molecule has 134 valence electrons. The lowest BCUT2D eigenvalue weighted by atomic mass is 10.1. The minimum Gasteiger partial charge on any atom is -0.493 e. The molecule has 0 aliphatic carbocycles. The molecule has 3 aromatic rings. The molecule has 0 saturated carbocycles. The molecule has 3 rings (SSSR count). The van der Waals surface area contributed by atoms with E-state index in [-0.39, 0.29) is 25.6 Å². The van der Waals surface area contributed by atoms with E-state index in [1.807, 2.05) is 50.2 Å². The van der Waals surface area contributed by atoms with Gasteiger partial charge in [-0.1, -0.05) is 29.8 Å². The van der Waals surface area contributed by atoms with Crippen LogP contribution in [0.2, 0.25) is 0 Å². The predicted molar refractivity (Wildman–Crippen MR) is 98.3 cm³/mol. The van der Waals surface area contributed by atoms with Crippen LogP contribution in [0.3, 0.4) is 0 Å². The van der Waals surface area contributed by atoms with Crippen molar-refractivity contribution in [3.8, 4) is 5.75 Å². The van der Waals surface area contributed by atoms with Gasteiger partial charge in [-0.3, -0.25) is 4.79 Å². The average molecular weight is 352 g/mol. The van der Waals surface area contributed by atoms with Gasteiger partial charge in [0.15, 0.2) is 0 Å². The Morgan fingerprint density at radius 3 is 2.50 bits per heavy atom. The number of carbonyl (C=O) groups is 1. The average Bonchev–Trinajstić information content (AvgIpc) is 2.61. The zero-order valence-electron chi connectivity index (χ0n) is 14.8. The number of carbonyl (C=O) groups excluding carboxylic acids is 1. The summed E-state index contributed by atoms with van der Waals surface area (Å²) in [7, 11) is 0. The zero-order valence-corrected chi connectivity index (χ0v) is 14.8. The summed E-state index contributed by atoms with van der Waals surface area (Å²) in [6.07, 6.45) is 0.131. The Morgan fingerprint density at radius 2 is 1.73 bits per heavy atom. The van der Waals surface area contributed by atoms with Gasteiger partial charge in [0.25, 0.3) is 0 Å². The normalized spacial score (nSPS) is 10.7. The third kappa shape index (κ3) is 4.51. The van der Waals surface area contributed by atoms with Gasteiger partial charge in [0, 0.05) is 17.0 Å². The number of ether oxygens (including phenoxy) is 2. The smallest absolute Gasteiger partial charge is 0.336 e. The van der Waals surface area contributed by atoms with E-state index in [0.29, 0.717) is 16.9 Å². The third-order valence-electron chi connectivity index (χ3n) is 3.97. The van der Waals surface area contributed by atoms with E-state index >= 15 is 0 Å². The Hall–Kier alpha value is -3.08. The van der Waals surface area contributed by atoms with Crippen LogP contribution >= 0.6 is 0 Å². The van der Waals surface area contributed by atoms with Crippen LogP contribution in [0.15, 0.2) is 57.7 Å². The molecule has 0 unspecified atom stereocenters. The molecule has 5 heteroatoms. The first-order valence-electron chi connectivity index (χ1n) is 8.40. The van der Waals surface area contributed by atoms with Crippen molar-refractivity contribution in [1.82, 2.24) is 0 Å². The van der Waals surface area contributed by atoms with Gasteiger partial charge in [-0.25, -0.2) is 4.79 Å². The minimum atomic E-state index is -0.461. The third-order valence-corrected chi connectivity index (χ3v) is 3.97. The fourth-order valence-electron chi connectivity index (χ4n) is 2.57. The quantitative estimate of drug-likeness (QED) is 0.497. The lowest BCUT2D eigenvalue weighted by Crippen LogP contribution is -2.11. The van der Waals surface area contributed by atoms with E-state index in [1.165, 1.54) is 6.07 Å². The number of hydrogen-bond acceptors (Lipinski definition) is 5. The van der Waals surface area contributed by atoms with E-state index in [0.717, 1.165) is 16.5 Å². The van der Waals surface area contributed by atoms with Gasteiger partial charge in [-0.2, -0.15) is 0 Å². The van der Waals surface area contributed by atoms with Crippen LogP contribution in [-0.2, 0) is 16.1 Å². The van der Waals surface area contributed by atoms with Crippen LogP contribution in [0.4, 0.5) is 0 Å². The molecular weight excluding hydrogens is 332 g/mol. The lowest BCUT2D eigenvalue weighted by molar-refractivity contribution is -0.145. The summed E-state index contributed by atoms with van der Waals surface area (Å²) >= 11 is 0. The summed E-state index contributed by atoms with van der Waals surface area (Å²) in [6, 6.07) is 14.5. The molecular formula is C21H20O5. The van der Waals surface area contributed by atoms with Crippen LogP contribution in [0.5, 0.6) is 5.75 Å². The second kappa shape index (κ2) is 7.87. The number of rotatable bonds is 6. The van der Waals surface area contributed by atoms with Gasteiger partial charge in [0.05, 0.1) is 13.0 Å². The fraction of sp³-hybridized carbons (Fsp3) is 0.238. The number of esters is 1. The maximum Gasteiger partial charge on any atom is 0.336 e. The molecule has 0 atom stereocenters. The maximum absolute atomic E-state index is 11.9. The highest BCUT2D eigenvalue weighted by molar-refractivity contribution is 5.81. The van der Waals surface area contributed by atoms with E-state index in [9.17, 15) is 9.59 Å². The van der Waals surface area contributed by atoms with Crippen molar-refractivity contribution in [2.75, 3.05) is 6.61 Å². The number of benzene rings is 2. The van der Waals surface area contributed by atoms with E-state index in [1.54, 1.807) is 6.07 Å². The zero-order chi connectivity index (χ0) is 18.5. The Morgan fingerprint density at radius 1 is 1.00 bits per heavy atom. The van der Waals surface area contributed by atoms with Gasteiger partial charge >= 0.3 is 11.6 Å². The van der Waals surface area contributed by atoms with Gasteiger partial charge in [-0.15, -0.1) is 0 Å². The maximum atomic E-state index is 11.9. The standard InChI is InChI=1S/C21H20O5/c1-14-3-6-17(7-4-14)24-10-9-20(22)25-13-16-12-21(23)26-19-11-15(2)5-8-18(16)19/h3-8,11-12H,9-10,13H2,1-2H3. The molecule has 0 saturated heterocycles. The minimum absolute atomic E-state index is 0.0223. The molecule has 0 bridgehead atoms. The van der Waals surface area contributed by atoms with Crippen molar-refractivity contribution >= 4 is 16.9 Å². The molecule has 1 aromatic heterocycles. The molecule has 0 N–H and O–H groups in total. The summed E-state index contributed by atoms with van der Waals surface area (Å²) in [5.74, 6) is 0.330. The molecule has 5 nitrogen and oxygen atoms in total. The van der Waals surface area contributed by atoms with Crippen LogP contribution in [0.1, 0.15) is 23.1 Å². The number of aryl methyl sites for hydroxylation is 2. The summed E-state index contributed by atoms with van der Waals surface area (Å²) in [4.78, 5) is 23.6. The van der Waals surface area contributed by atoms with Crippen LogP contribution < -0.4 is 10.4 Å². The van der Waals surface area contributed by atoms with Crippen molar-refractivity contribution in [3.05, 3.63) is 75.6 Å². The largest absolute Gasteiger partial charge is 0.493 e. The highest BCUT2D eigenvalue weighted by atomic mass is 16.5. The Balaban J connectivity index is 1.57. The predicted octanol–water partition coefficient (Wildman–Crippen LogP) is 3.92. The summed E-state index contributed by atoms with van der Waals surface area (Å²) in [5.41, 5.74) is 2.79. The van der Waals surface area contributed by atoms with E-state index in [2.05, 4.69) is 0 Å². The van der Waals surface area contributed by atoms with Crippen LogP contribution in [-0.4, -0.2) is 12.6 Å². The molecule has 1 heterocycles. The van der Waals surface area contributed by atoms with Gasteiger partial charge in [0.1, 0.15) is 17.9 Å². The Kier molecular flexibility index (Phi) is 5.37. The second-order valence-electron chi connectivity index (χ2n) is 6.16. The first-order valence-corrected chi connectivity index (χ1v) is 8.40. The molecule has 0 aliphatic rings. The molecule has 0 aliphatic heterocycles. The highest BCUT2D eigenvalue weighted by Gasteiger charge is 2.09.